The largest absolute Gasteiger partial charge is 0.394 e. The molecule has 238 valence electrons. The summed E-state index contributed by atoms with van der Waals surface area (Å²) in [5.41, 5.74) is -3.53. The van der Waals surface area contributed by atoms with Crippen molar-refractivity contribution in [1.29, 1.82) is 0 Å². The summed E-state index contributed by atoms with van der Waals surface area (Å²) in [7, 11) is 1.55. The van der Waals surface area contributed by atoms with E-state index in [-0.39, 0.29) is 24.1 Å². The van der Waals surface area contributed by atoms with Crippen molar-refractivity contribution in [3.63, 3.8) is 0 Å². The van der Waals surface area contributed by atoms with Gasteiger partial charge in [-0.25, -0.2) is 26.6 Å². The van der Waals surface area contributed by atoms with Crippen molar-refractivity contribution in [2.75, 3.05) is 20.2 Å². The first-order chi connectivity index (χ1) is 20.2. The van der Waals surface area contributed by atoms with Gasteiger partial charge in [0.1, 0.15) is 40.7 Å². The van der Waals surface area contributed by atoms with Crippen LogP contribution in [0.3, 0.4) is 0 Å². The van der Waals surface area contributed by atoms with E-state index in [0.717, 1.165) is 23.7 Å². The molecular formula is C27H33F5N4O6S. The summed E-state index contributed by atoms with van der Waals surface area (Å²) in [6, 6.07) is 0.0216. The molecule has 0 radical (unpaired) electrons. The predicted octanol–water partition coefficient (Wildman–Crippen LogP) is 2.25. The minimum absolute atomic E-state index is 0.124. The number of nitrogens with zero attached hydrogens (tertiary/aromatic N) is 4. The van der Waals surface area contributed by atoms with Crippen LogP contribution in [0.1, 0.15) is 44.6 Å². The number of amides is 1. The van der Waals surface area contributed by atoms with E-state index in [0.29, 0.717) is 36.4 Å². The Hall–Kier alpha value is -2.37. The van der Waals surface area contributed by atoms with Crippen LogP contribution in [-0.2, 0) is 9.53 Å². The van der Waals surface area contributed by atoms with Gasteiger partial charge in [-0.1, -0.05) is 5.21 Å². The number of alkyl halides is 2. The number of carbonyl (C=O) groups excluding carboxylic acids is 1. The van der Waals surface area contributed by atoms with E-state index < -0.39 is 89.4 Å². The molecule has 2 aliphatic carbocycles. The van der Waals surface area contributed by atoms with Crippen LogP contribution in [-0.4, -0.2) is 107 Å². The lowest BCUT2D eigenvalue weighted by molar-refractivity contribution is -0.179. The zero-order valence-corrected chi connectivity index (χ0v) is 23.9. The Morgan fingerprint density at radius 3 is 2.35 bits per heavy atom. The van der Waals surface area contributed by atoms with Gasteiger partial charge in [-0.3, -0.25) is 4.79 Å². The Morgan fingerprint density at radius 2 is 1.77 bits per heavy atom. The standard InChI is InChI=1S/C27H33F5N4O6S/c1-35(10-13-2-3-13)24(40)23(26(41)4-6-27(31,32)7-5-26)43-25-22(39)20(21(38)18(12-37)42-25)36-11-17(33-34-36)14-8-15(28)19(30)16(29)9-14/h8-9,11,13,18,20-23,25,37-39,41H,2-7,10,12H2,1H3/t18-,20+,21+,22-,23?,25+/m1/s1. The number of benzene rings is 1. The molecule has 1 aromatic carbocycles. The van der Waals surface area contributed by atoms with Gasteiger partial charge >= 0.3 is 0 Å². The van der Waals surface area contributed by atoms with E-state index in [9.17, 15) is 47.2 Å². The highest BCUT2D eigenvalue weighted by molar-refractivity contribution is 8.01. The molecule has 2 aromatic rings. The third-order valence-electron chi connectivity index (χ3n) is 8.38. The number of aliphatic hydroxyl groups is 4. The minimum atomic E-state index is -3.00. The van der Waals surface area contributed by atoms with Gasteiger partial charge in [-0.15, -0.1) is 16.9 Å². The number of rotatable bonds is 9. The molecule has 1 saturated heterocycles. The fourth-order valence-electron chi connectivity index (χ4n) is 5.59. The third-order valence-corrected chi connectivity index (χ3v) is 9.95. The molecule has 2 saturated carbocycles. The summed E-state index contributed by atoms with van der Waals surface area (Å²) in [5.74, 6) is -7.84. The second-order valence-electron chi connectivity index (χ2n) is 11.7. The highest BCUT2D eigenvalue weighted by Gasteiger charge is 2.54. The first-order valence-corrected chi connectivity index (χ1v) is 14.9. The van der Waals surface area contributed by atoms with Crippen molar-refractivity contribution in [3.05, 3.63) is 35.8 Å². The first kappa shape index (κ1) is 32.0. The van der Waals surface area contributed by atoms with Crippen molar-refractivity contribution < 1.29 is 51.9 Å². The number of aromatic nitrogens is 3. The van der Waals surface area contributed by atoms with Gasteiger partial charge in [0.2, 0.25) is 11.8 Å². The fraction of sp³-hybridized carbons (Fsp3) is 0.667. The Balaban J connectivity index is 1.43. The Morgan fingerprint density at radius 1 is 1.14 bits per heavy atom. The van der Waals surface area contributed by atoms with E-state index in [4.69, 9.17) is 4.74 Å². The van der Waals surface area contributed by atoms with E-state index in [1.54, 1.807) is 7.05 Å². The molecule has 3 fully saturated rings. The highest BCUT2D eigenvalue weighted by atomic mass is 32.2. The number of carbonyl (C=O) groups is 1. The van der Waals surface area contributed by atoms with Crippen molar-refractivity contribution >= 4 is 17.7 Å². The zero-order chi connectivity index (χ0) is 31.3. The molecule has 16 heteroatoms. The predicted molar refractivity (Wildman–Crippen MR) is 142 cm³/mol. The number of thioether (sulfide) groups is 1. The van der Waals surface area contributed by atoms with Crippen LogP contribution in [0.5, 0.6) is 0 Å². The SMILES string of the molecule is CN(CC1CC1)C(=O)C(S[C@@H]1O[C@H](CO)[C@H](O)[C@H](n2cc(-c3cc(F)c(F)c(F)c3)nn2)[C@H]1O)C1(O)CCC(F)(F)CC1. The van der Waals surface area contributed by atoms with Gasteiger partial charge in [0.25, 0.3) is 0 Å². The van der Waals surface area contributed by atoms with Gasteiger partial charge in [-0.05, 0) is 43.7 Å². The van der Waals surface area contributed by atoms with Crippen molar-refractivity contribution in [1.82, 2.24) is 19.9 Å². The molecule has 0 bridgehead atoms. The average molecular weight is 637 g/mol. The van der Waals surface area contributed by atoms with Gasteiger partial charge in [0, 0.05) is 32.0 Å². The van der Waals surface area contributed by atoms with Crippen LogP contribution in [0.25, 0.3) is 11.3 Å². The third kappa shape index (κ3) is 6.68. The maximum Gasteiger partial charge on any atom is 0.248 e. The first-order valence-electron chi connectivity index (χ1n) is 13.9. The van der Waals surface area contributed by atoms with Crippen LogP contribution in [0.15, 0.2) is 18.3 Å². The van der Waals surface area contributed by atoms with Crippen molar-refractivity contribution in [2.24, 2.45) is 5.92 Å². The van der Waals surface area contributed by atoms with Crippen LogP contribution >= 0.6 is 11.8 Å². The van der Waals surface area contributed by atoms with E-state index in [2.05, 4.69) is 10.3 Å². The second kappa shape index (κ2) is 12.2. The number of hydrogen-bond acceptors (Lipinski definition) is 9. The molecular weight excluding hydrogens is 603 g/mol. The lowest BCUT2D eigenvalue weighted by Gasteiger charge is -2.46. The Kier molecular flexibility index (Phi) is 9.09. The molecule has 1 aromatic heterocycles. The monoisotopic (exact) mass is 636 g/mol. The van der Waals surface area contributed by atoms with Crippen LogP contribution < -0.4 is 0 Å². The minimum Gasteiger partial charge on any atom is -0.394 e. The molecule has 4 N–H and O–H groups in total. The molecule has 10 nitrogen and oxygen atoms in total. The van der Waals surface area contributed by atoms with Gasteiger partial charge in [0.05, 0.1) is 18.4 Å². The fourth-order valence-corrected chi connectivity index (χ4v) is 7.17. The van der Waals surface area contributed by atoms with Gasteiger partial charge in [0.15, 0.2) is 17.5 Å². The lowest BCUT2D eigenvalue weighted by atomic mass is 9.80. The summed E-state index contributed by atoms with van der Waals surface area (Å²) in [6.07, 6.45) is -3.57. The second-order valence-corrected chi connectivity index (χ2v) is 12.9. The molecule has 1 amide bonds. The quantitative estimate of drug-likeness (QED) is 0.241. The molecule has 0 spiro atoms. The van der Waals surface area contributed by atoms with Crippen molar-refractivity contribution in [3.8, 4) is 11.3 Å². The smallest absolute Gasteiger partial charge is 0.248 e. The molecule has 3 aliphatic rings. The average Bonchev–Trinajstić information content (AvgIpc) is 3.65. The Bertz CT molecular complexity index is 1300. The lowest BCUT2D eigenvalue weighted by Crippen LogP contribution is -2.58. The topological polar surface area (TPSA) is 141 Å². The van der Waals surface area contributed by atoms with E-state index >= 15 is 0 Å². The number of aliphatic hydroxyl groups excluding tert-OH is 3. The molecule has 2 heterocycles. The summed E-state index contributed by atoms with van der Waals surface area (Å²) >= 11 is 0.709. The summed E-state index contributed by atoms with van der Waals surface area (Å²) < 4.78 is 75.9. The van der Waals surface area contributed by atoms with Crippen LogP contribution in [0, 0.1) is 23.4 Å². The van der Waals surface area contributed by atoms with Gasteiger partial charge < -0.3 is 30.1 Å². The number of hydrogen-bond donors (Lipinski definition) is 4. The maximum absolute atomic E-state index is 14.0. The summed E-state index contributed by atoms with van der Waals surface area (Å²) in [6.45, 7) is -0.322. The van der Waals surface area contributed by atoms with Crippen LogP contribution in [0.4, 0.5) is 22.0 Å². The molecule has 6 atom stereocenters. The van der Waals surface area contributed by atoms with E-state index in [1.165, 1.54) is 4.90 Å². The van der Waals surface area contributed by atoms with Gasteiger partial charge in [-0.2, -0.15) is 0 Å². The summed E-state index contributed by atoms with van der Waals surface area (Å²) in [4.78, 5) is 15.1. The van der Waals surface area contributed by atoms with Crippen molar-refractivity contribution in [2.45, 2.75) is 85.1 Å². The number of halogens is 5. The normalized spacial score (nSPS) is 29.3. The van der Waals surface area contributed by atoms with Crippen LogP contribution in [0.2, 0.25) is 0 Å². The summed E-state index contributed by atoms with van der Waals surface area (Å²) in [5, 5.41) is 50.2. The molecule has 1 aliphatic heterocycles. The van der Waals surface area contributed by atoms with E-state index in [1.807, 2.05) is 0 Å². The molecule has 43 heavy (non-hydrogen) atoms. The maximum atomic E-state index is 14.0. The Labute approximate surface area is 247 Å². The molecule has 1 unspecified atom stereocenters. The zero-order valence-electron chi connectivity index (χ0n) is 23.1. The highest BCUT2D eigenvalue weighted by Crippen LogP contribution is 2.47. The number of ether oxygens (including phenoxy) is 1. The molecule has 5 rings (SSSR count).